The van der Waals surface area contributed by atoms with Crippen LogP contribution in [0.1, 0.15) is 36.5 Å². The van der Waals surface area contributed by atoms with E-state index < -0.39 is 8.07 Å². The number of hydrogen-bond donors (Lipinski definition) is 0. The third kappa shape index (κ3) is 7.72. The van der Waals surface area contributed by atoms with E-state index in [9.17, 15) is 0 Å². The maximum absolute atomic E-state index is 4.66. The molecule has 2 aromatic heterocycles. The standard InChI is InChI=1S/C19H16N.C17H22NSi.Ir/c1-14-7-6-8-15(2)19(14)17-11-12-18(20-13-17)16-9-4-3-5-10-16;1-13(2)15-11-16(14-9-7-6-8-10-14)18-12-17(15)19(3,4)5;/h3-9,11-13H,1-2H3;6-9,11-13H,1-5H3;/q2*-1;. The summed E-state index contributed by atoms with van der Waals surface area (Å²) in [4.78, 5) is 9.24. The van der Waals surface area contributed by atoms with Crippen molar-refractivity contribution in [3.8, 4) is 33.6 Å². The van der Waals surface area contributed by atoms with Crippen LogP contribution in [0.2, 0.25) is 19.6 Å². The Morgan fingerprint density at radius 3 is 1.73 bits per heavy atom. The summed E-state index contributed by atoms with van der Waals surface area (Å²) < 4.78 is 0. The fourth-order valence-corrected chi connectivity index (χ4v) is 6.48. The summed E-state index contributed by atoms with van der Waals surface area (Å²) in [6, 6.07) is 35.2. The Morgan fingerprint density at radius 1 is 0.675 bits per heavy atom. The van der Waals surface area contributed by atoms with Gasteiger partial charge < -0.3 is 9.97 Å². The molecule has 0 saturated carbocycles. The molecule has 0 saturated heterocycles. The van der Waals surface area contributed by atoms with Gasteiger partial charge in [-0.1, -0.05) is 75.5 Å². The van der Waals surface area contributed by atoms with Crippen LogP contribution >= 0.6 is 0 Å². The second-order valence-corrected chi connectivity index (χ2v) is 16.4. The summed E-state index contributed by atoms with van der Waals surface area (Å²) >= 11 is 0. The van der Waals surface area contributed by atoms with E-state index in [0.717, 1.165) is 22.5 Å². The normalized spacial score (nSPS) is 10.9. The van der Waals surface area contributed by atoms with Gasteiger partial charge in [0.1, 0.15) is 0 Å². The molecule has 0 aliphatic rings. The molecule has 0 amide bonds. The van der Waals surface area contributed by atoms with Crippen molar-refractivity contribution in [2.24, 2.45) is 0 Å². The Kier molecular flexibility index (Phi) is 10.9. The zero-order valence-corrected chi connectivity index (χ0v) is 27.9. The van der Waals surface area contributed by atoms with Crippen LogP contribution < -0.4 is 5.19 Å². The van der Waals surface area contributed by atoms with Crippen LogP contribution in [0.5, 0.6) is 0 Å². The first-order chi connectivity index (χ1) is 18.6. The van der Waals surface area contributed by atoms with E-state index in [2.05, 4.69) is 118 Å². The van der Waals surface area contributed by atoms with Crippen molar-refractivity contribution >= 4 is 13.3 Å². The van der Waals surface area contributed by atoms with E-state index in [1.807, 2.05) is 48.7 Å². The summed E-state index contributed by atoms with van der Waals surface area (Å²) in [5, 5.41) is 1.47. The van der Waals surface area contributed by atoms with Gasteiger partial charge in [0.2, 0.25) is 0 Å². The van der Waals surface area contributed by atoms with Crippen LogP contribution in [-0.4, -0.2) is 18.0 Å². The van der Waals surface area contributed by atoms with Crippen molar-refractivity contribution < 1.29 is 20.1 Å². The van der Waals surface area contributed by atoms with E-state index >= 15 is 0 Å². The number of rotatable bonds is 5. The van der Waals surface area contributed by atoms with E-state index in [-0.39, 0.29) is 20.1 Å². The molecule has 2 heterocycles. The smallest absolute Gasteiger partial charge is 0.0799 e. The number of aromatic nitrogens is 2. The Balaban J connectivity index is 0.000000215. The average Bonchev–Trinajstić information content (AvgIpc) is 2.94. The predicted molar refractivity (Wildman–Crippen MR) is 169 cm³/mol. The van der Waals surface area contributed by atoms with Crippen LogP contribution in [0.4, 0.5) is 0 Å². The van der Waals surface area contributed by atoms with Gasteiger partial charge in [-0.15, -0.1) is 71.8 Å². The largest absolute Gasteiger partial charge is 0.305 e. The minimum Gasteiger partial charge on any atom is -0.305 e. The van der Waals surface area contributed by atoms with Gasteiger partial charge in [0, 0.05) is 32.5 Å². The average molecular weight is 719 g/mol. The molecule has 5 aromatic rings. The maximum atomic E-state index is 4.66. The minimum absolute atomic E-state index is 0. The van der Waals surface area contributed by atoms with Crippen LogP contribution in [0.25, 0.3) is 33.6 Å². The number of nitrogens with zero attached hydrogens (tertiary/aromatic N) is 2. The van der Waals surface area contributed by atoms with Gasteiger partial charge >= 0.3 is 0 Å². The fourth-order valence-electron chi connectivity index (χ4n) is 4.80. The zero-order chi connectivity index (χ0) is 28.0. The Morgan fingerprint density at radius 2 is 1.25 bits per heavy atom. The molecule has 0 bridgehead atoms. The van der Waals surface area contributed by atoms with Crippen LogP contribution in [0.15, 0.2) is 97.3 Å². The minimum atomic E-state index is -1.34. The molecular formula is C36H38IrN2Si-2. The van der Waals surface area contributed by atoms with Crippen molar-refractivity contribution in [1.82, 2.24) is 9.97 Å². The summed E-state index contributed by atoms with van der Waals surface area (Å²) in [5.41, 5.74) is 10.6. The maximum Gasteiger partial charge on any atom is 0.0799 e. The van der Waals surface area contributed by atoms with Crippen LogP contribution in [-0.2, 0) is 20.1 Å². The van der Waals surface area contributed by atoms with Gasteiger partial charge in [-0.05, 0) is 58.6 Å². The topological polar surface area (TPSA) is 25.8 Å². The number of benzene rings is 3. The van der Waals surface area contributed by atoms with Gasteiger partial charge in [0.15, 0.2) is 0 Å². The quantitative estimate of drug-likeness (QED) is 0.134. The summed E-state index contributed by atoms with van der Waals surface area (Å²) in [5.74, 6) is 0.534. The zero-order valence-electron chi connectivity index (χ0n) is 24.5. The molecule has 0 atom stereocenters. The molecule has 0 spiro atoms. The molecular weight excluding hydrogens is 681 g/mol. The van der Waals surface area contributed by atoms with E-state index in [0.29, 0.717) is 5.92 Å². The SMILES string of the molecule is CC(C)c1cc(-c2[c-]cccc2)ncc1[Si](C)(C)C.Cc1cccc(C)c1-c1ccc(-c2[c-]cccc2)nc1.[Ir]. The molecule has 40 heavy (non-hydrogen) atoms. The van der Waals surface area contributed by atoms with Crippen molar-refractivity contribution in [1.29, 1.82) is 0 Å². The van der Waals surface area contributed by atoms with E-state index in [1.54, 1.807) is 0 Å². The molecule has 0 aliphatic heterocycles. The van der Waals surface area contributed by atoms with Gasteiger partial charge in [-0.3, -0.25) is 0 Å². The fraction of sp³-hybridized carbons (Fsp3) is 0.222. The van der Waals surface area contributed by atoms with Crippen LogP contribution in [0.3, 0.4) is 0 Å². The van der Waals surface area contributed by atoms with Gasteiger partial charge in [-0.25, -0.2) is 0 Å². The molecule has 4 heteroatoms. The van der Waals surface area contributed by atoms with Gasteiger partial charge in [-0.2, -0.15) is 0 Å². The monoisotopic (exact) mass is 719 g/mol. The number of aryl methyl sites for hydroxylation is 2. The molecule has 5 rings (SSSR count). The van der Waals surface area contributed by atoms with Crippen molar-refractivity contribution in [2.45, 2.75) is 53.3 Å². The molecule has 0 aliphatic carbocycles. The van der Waals surface area contributed by atoms with Crippen molar-refractivity contribution in [3.63, 3.8) is 0 Å². The Bertz CT molecular complexity index is 1490. The second kappa shape index (κ2) is 13.9. The van der Waals surface area contributed by atoms with Crippen molar-refractivity contribution in [3.05, 3.63) is 126 Å². The van der Waals surface area contributed by atoms with Gasteiger partial charge in [0.25, 0.3) is 0 Å². The first kappa shape index (κ1) is 31.4. The summed E-state index contributed by atoms with van der Waals surface area (Å²) in [6.45, 7) is 15.9. The predicted octanol–water partition coefficient (Wildman–Crippen LogP) is 9.05. The Labute approximate surface area is 255 Å². The Hall–Kier alpha value is -3.17. The van der Waals surface area contributed by atoms with Crippen LogP contribution in [0, 0.1) is 26.0 Å². The molecule has 3 aromatic carbocycles. The number of pyridine rings is 2. The molecule has 1 radical (unpaired) electrons. The molecule has 0 N–H and O–H groups in total. The van der Waals surface area contributed by atoms with E-state index in [1.165, 1.54) is 33.0 Å². The van der Waals surface area contributed by atoms with E-state index in [4.69, 9.17) is 0 Å². The molecule has 2 nitrogen and oxygen atoms in total. The van der Waals surface area contributed by atoms with Gasteiger partial charge in [0.05, 0.1) is 8.07 Å². The molecule has 0 fully saturated rings. The second-order valence-electron chi connectivity index (χ2n) is 11.3. The summed E-state index contributed by atoms with van der Waals surface area (Å²) in [7, 11) is -1.34. The third-order valence-electron chi connectivity index (χ3n) is 6.87. The molecule has 207 valence electrons. The first-order valence-electron chi connectivity index (χ1n) is 13.6. The molecule has 0 unspecified atom stereocenters. The number of hydrogen-bond acceptors (Lipinski definition) is 2. The third-order valence-corrected chi connectivity index (χ3v) is 8.90. The summed E-state index contributed by atoms with van der Waals surface area (Å²) in [6.07, 6.45) is 4.04. The van der Waals surface area contributed by atoms with Crippen molar-refractivity contribution in [2.75, 3.05) is 0 Å². The first-order valence-corrected chi connectivity index (χ1v) is 17.1.